The molecule has 0 aliphatic rings. The van der Waals surface area contributed by atoms with Crippen molar-refractivity contribution in [1.82, 2.24) is 0 Å². The van der Waals surface area contributed by atoms with Gasteiger partial charge in [0.2, 0.25) is 0 Å². The fraction of sp³-hybridized carbons (Fsp3) is 0.348. The van der Waals surface area contributed by atoms with Gasteiger partial charge >= 0.3 is 11.9 Å². The number of aliphatic carboxylic acids is 1. The van der Waals surface area contributed by atoms with Gasteiger partial charge in [0.1, 0.15) is 11.6 Å². The Morgan fingerprint density at radius 2 is 1.44 bits per heavy atom. The lowest BCUT2D eigenvalue weighted by Gasteiger charge is -2.32. The molecule has 0 aromatic heterocycles. The van der Waals surface area contributed by atoms with Gasteiger partial charge in [-0.1, -0.05) is 15.9 Å². The van der Waals surface area contributed by atoms with E-state index in [0.717, 1.165) is 0 Å². The summed E-state index contributed by atoms with van der Waals surface area (Å²) >= 11 is 6.32. The average molecular weight is 610 g/mol. The van der Waals surface area contributed by atoms with Crippen molar-refractivity contribution in [2.24, 2.45) is 0 Å². The second-order valence-electron chi connectivity index (χ2n) is 6.80. The molecule has 0 unspecified atom stereocenters. The summed E-state index contributed by atoms with van der Waals surface area (Å²) in [4.78, 5) is 33.0. The summed E-state index contributed by atoms with van der Waals surface area (Å²) in [5.41, 5.74) is 0.917. The Morgan fingerprint density at radius 1 is 0.882 bits per heavy atom. The molecule has 0 atom stereocenters. The number of carbonyl (C=O) groups excluding carboxylic acids is 2. The van der Waals surface area contributed by atoms with E-state index >= 15 is 0 Å². The van der Waals surface area contributed by atoms with Gasteiger partial charge in [-0.2, -0.15) is 0 Å². The normalized spacial score (nSPS) is 10.8. The van der Waals surface area contributed by atoms with Crippen LogP contribution in [0.15, 0.2) is 45.3 Å². The maximum atomic E-state index is 13.1. The van der Waals surface area contributed by atoms with Crippen LogP contribution in [0.1, 0.15) is 41.6 Å². The lowest BCUT2D eigenvalue weighted by molar-refractivity contribution is -0.222. The van der Waals surface area contributed by atoms with Crippen LogP contribution in [0.5, 0.6) is 0 Å². The second-order valence-corrected chi connectivity index (χ2v) is 8.51. The number of carboxylic acids is 1. The number of hydrogen-bond donors (Lipinski definition) is 1. The molecule has 0 radical (unpaired) electrons. The molecule has 11 heteroatoms. The third-order valence-electron chi connectivity index (χ3n) is 4.68. The minimum Gasteiger partial charge on any atom is -0.481 e. The maximum absolute atomic E-state index is 13.1. The van der Waals surface area contributed by atoms with E-state index in [-0.39, 0.29) is 43.3 Å². The van der Waals surface area contributed by atoms with Crippen molar-refractivity contribution < 1.29 is 42.5 Å². The van der Waals surface area contributed by atoms with Crippen molar-refractivity contribution in [1.29, 1.82) is 0 Å². The van der Waals surface area contributed by atoms with E-state index in [1.54, 1.807) is 6.07 Å². The van der Waals surface area contributed by atoms with E-state index in [9.17, 15) is 23.2 Å². The highest BCUT2D eigenvalue weighted by molar-refractivity contribution is 9.10. The van der Waals surface area contributed by atoms with E-state index in [1.807, 2.05) is 0 Å². The lowest BCUT2D eigenvalue weighted by Crippen LogP contribution is -2.32. The molecule has 7 nitrogen and oxygen atoms in total. The predicted octanol–water partition coefficient (Wildman–Crippen LogP) is 5.62. The van der Waals surface area contributed by atoms with Crippen LogP contribution in [0.4, 0.5) is 8.78 Å². The molecule has 0 aliphatic carbocycles. The molecular formula is C23H24Br2F2O7. The molecule has 0 saturated carbocycles. The highest BCUT2D eigenvalue weighted by atomic mass is 79.9. The van der Waals surface area contributed by atoms with Crippen molar-refractivity contribution in [3.63, 3.8) is 0 Å². The largest absolute Gasteiger partial charge is 0.481 e. The van der Waals surface area contributed by atoms with Crippen LogP contribution >= 0.6 is 31.9 Å². The van der Waals surface area contributed by atoms with Gasteiger partial charge in [-0.05, 0) is 52.3 Å². The average Bonchev–Trinajstić information content (AvgIpc) is 2.79. The van der Waals surface area contributed by atoms with Crippen molar-refractivity contribution in [3.05, 3.63) is 68.1 Å². The molecule has 0 amide bonds. The molecule has 186 valence electrons. The molecule has 1 N–H and O–H groups in total. The Labute approximate surface area is 212 Å². The van der Waals surface area contributed by atoms with Crippen molar-refractivity contribution >= 4 is 49.6 Å². The summed E-state index contributed by atoms with van der Waals surface area (Å²) in [6.07, 6.45) is 0.0844. The highest BCUT2D eigenvalue weighted by Gasteiger charge is 2.34. The number of benzene rings is 2. The zero-order chi connectivity index (χ0) is 25.9. The molecule has 2 rings (SSSR count). The molecule has 0 heterocycles. The van der Waals surface area contributed by atoms with E-state index in [2.05, 4.69) is 36.6 Å². The molecule has 0 aliphatic heterocycles. The predicted molar refractivity (Wildman–Crippen MR) is 126 cm³/mol. The summed E-state index contributed by atoms with van der Waals surface area (Å²) in [6, 6.07) is 7.87. The van der Waals surface area contributed by atoms with Gasteiger partial charge < -0.3 is 19.3 Å². The van der Waals surface area contributed by atoms with Gasteiger partial charge in [0.15, 0.2) is 11.6 Å². The fourth-order valence-electron chi connectivity index (χ4n) is 2.88. The topological polar surface area (TPSA) is 99.1 Å². The summed E-state index contributed by atoms with van der Waals surface area (Å²) in [7, 11) is 4.25. The monoisotopic (exact) mass is 608 g/mol. The van der Waals surface area contributed by atoms with Crippen LogP contribution in [0.2, 0.25) is 0 Å². The number of ketones is 1. The lowest BCUT2D eigenvalue weighted by atomic mass is 10.00. The van der Waals surface area contributed by atoms with E-state index in [0.29, 0.717) is 20.1 Å². The molecule has 34 heavy (non-hydrogen) atoms. The van der Waals surface area contributed by atoms with Crippen LogP contribution in [0.25, 0.3) is 0 Å². The van der Waals surface area contributed by atoms with Gasteiger partial charge in [-0.15, -0.1) is 0 Å². The Balaban J connectivity index is 0.000000350. The smallest absolute Gasteiger partial charge is 0.305 e. The van der Waals surface area contributed by atoms with Gasteiger partial charge in [0.05, 0.1) is 20.0 Å². The first-order chi connectivity index (χ1) is 16.0. The molecule has 0 spiro atoms. The van der Waals surface area contributed by atoms with Crippen LogP contribution in [0.3, 0.4) is 0 Å². The number of carboxylic acid groups (broad SMARTS) is 1. The zero-order valence-corrected chi connectivity index (χ0v) is 21.9. The fourth-order valence-corrected chi connectivity index (χ4v) is 4.10. The van der Waals surface area contributed by atoms with Gasteiger partial charge in [-0.25, -0.2) is 8.78 Å². The summed E-state index contributed by atoms with van der Waals surface area (Å²) in [5.74, 6) is -3.65. The highest BCUT2D eigenvalue weighted by Crippen LogP contribution is 2.36. The van der Waals surface area contributed by atoms with Crippen LogP contribution in [0, 0.1) is 11.6 Å². The third kappa shape index (κ3) is 8.86. The van der Waals surface area contributed by atoms with Crippen LogP contribution in [-0.2, 0) is 29.6 Å². The number of hydrogen-bond acceptors (Lipinski definition) is 6. The minimum absolute atomic E-state index is 0.0838. The van der Waals surface area contributed by atoms with Gasteiger partial charge in [0.25, 0.3) is 0 Å². The van der Waals surface area contributed by atoms with Crippen molar-refractivity contribution in [2.45, 2.75) is 31.5 Å². The van der Waals surface area contributed by atoms with E-state index in [4.69, 9.17) is 14.6 Å². The van der Waals surface area contributed by atoms with Crippen LogP contribution in [-0.4, -0.2) is 44.2 Å². The molecular weight excluding hydrogens is 586 g/mol. The standard InChI is InChI=1S/C13H16BrFO4.C10H8BrFO3/c1-17-12(16)6-7-13(18-2,19-3)10-5-4-9(15)8-11(10)14;11-8-5-6(12)1-2-7(8)9(13)3-4-10(14)15/h4-5,8H,6-7H2,1-3H3;1-2,5H,3-4H2,(H,14,15). The van der Waals surface area contributed by atoms with Crippen LogP contribution < -0.4 is 0 Å². The molecule has 0 saturated heterocycles. The minimum atomic E-state index is -1.12. The number of methoxy groups -OCH3 is 3. The summed E-state index contributed by atoms with van der Waals surface area (Å²) in [6.45, 7) is 0. The quantitative estimate of drug-likeness (QED) is 0.212. The number of Topliss-reactive ketones (excluding diaryl/α,β-unsaturated/α-hetero) is 1. The molecule has 2 aromatic rings. The first-order valence-electron chi connectivity index (χ1n) is 9.82. The Kier molecular flexibility index (Phi) is 12.5. The zero-order valence-electron chi connectivity index (χ0n) is 18.7. The Hall–Kier alpha value is -2.21. The first-order valence-corrected chi connectivity index (χ1v) is 11.4. The SMILES string of the molecule is COC(=O)CCC(OC)(OC)c1ccc(F)cc1Br.O=C(O)CCC(=O)c1ccc(F)cc1Br. The maximum Gasteiger partial charge on any atom is 0.305 e. The number of carbonyl (C=O) groups is 3. The Bertz CT molecular complexity index is 1010. The summed E-state index contributed by atoms with van der Waals surface area (Å²) < 4.78 is 42.1. The second kappa shape index (κ2) is 14.2. The molecule has 2 aromatic carbocycles. The van der Waals surface area contributed by atoms with E-state index < -0.39 is 17.6 Å². The van der Waals surface area contributed by atoms with E-state index in [1.165, 1.54) is 51.7 Å². The Morgan fingerprint density at radius 3 is 1.91 bits per heavy atom. The summed E-state index contributed by atoms with van der Waals surface area (Å²) in [5, 5.41) is 8.40. The number of esters is 1. The van der Waals surface area contributed by atoms with Crippen molar-refractivity contribution in [2.75, 3.05) is 21.3 Å². The number of rotatable bonds is 10. The van der Waals surface area contributed by atoms with Crippen molar-refractivity contribution in [3.8, 4) is 0 Å². The van der Waals surface area contributed by atoms with Gasteiger partial charge in [-0.3, -0.25) is 14.4 Å². The molecule has 0 fully saturated rings. The first kappa shape index (κ1) is 29.8. The third-order valence-corrected chi connectivity index (χ3v) is 6.00. The number of halogens is 4. The number of ether oxygens (including phenoxy) is 3. The molecule has 0 bridgehead atoms. The van der Waals surface area contributed by atoms with Gasteiger partial charge in [0, 0.05) is 47.1 Å².